The van der Waals surface area contributed by atoms with Crippen LogP contribution in [0.5, 0.6) is 5.75 Å². The van der Waals surface area contributed by atoms with Gasteiger partial charge in [0.15, 0.2) is 0 Å². The van der Waals surface area contributed by atoms with Gasteiger partial charge in [0.2, 0.25) is 0 Å². The molecule has 5 nitrogen and oxygen atoms in total. The summed E-state index contributed by atoms with van der Waals surface area (Å²) in [5, 5.41) is 3.18. The molecule has 0 radical (unpaired) electrons. The summed E-state index contributed by atoms with van der Waals surface area (Å²) < 4.78 is 18.9. The summed E-state index contributed by atoms with van der Waals surface area (Å²) in [7, 11) is 0. The minimum atomic E-state index is -0.495. The van der Waals surface area contributed by atoms with E-state index in [1.165, 1.54) is 24.3 Å². The molecule has 0 bridgehead atoms. The number of amides is 2. The first kappa shape index (κ1) is 21.3. The normalized spacial score (nSPS) is 13.7. The van der Waals surface area contributed by atoms with E-state index in [2.05, 4.69) is 5.32 Å². The highest BCUT2D eigenvalue weighted by Gasteiger charge is 2.40. The number of nitrogens with zero attached hydrogens (tertiary/aromatic N) is 1. The van der Waals surface area contributed by atoms with E-state index in [0.29, 0.717) is 23.6 Å². The number of nitrogens with one attached hydrogen (secondary N) is 1. The highest BCUT2D eigenvalue weighted by molar-refractivity contribution is 6.46. The SMILES string of the molecule is CCOc1ccc(C2=C(Nc3ccc(C)cc3C)C(=O)N(c3ccc(F)cc3)C2=O)cc1. The van der Waals surface area contributed by atoms with Gasteiger partial charge >= 0.3 is 0 Å². The number of hydrogen-bond donors (Lipinski definition) is 1. The van der Waals surface area contributed by atoms with Crippen molar-refractivity contribution in [3.05, 3.63) is 94.9 Å². The third-order valence-corrected chi connectivity index (χ3v) is 5.26. The monoisotopic (exact) mass is 430 g/mol. The fraction of sp³-hybridized carbons (Fsp3) is 0.154. The number of benzene rings is 3. The van der Waals surface area contributed by atoms with Crippen LogP contribution in [0.2, 0.25) is 0 Å². The van der Waals surface area contributed by atoms with Gasteiger partial charge in [0.25, 0.3) is 11.8 Å². The van der Waals surface area contributed by atoms with Crippen molar-refractivity contribution in [1.29, 1.82) is 0 Å². The largest absolute Gasteiger partial charge is 0.494 e. The number of aryl methyl sites for hydroxylation is 2. The summed E-state index contributed by atoms with van der Waals surface area (Å²) in [5.74, 6) is -0.738. The van der Waals surface area contributed by atoms with Crippen LogP contribution in [0.1, 0.15) is 23.6 Å². The second kappa shape index (κ2) is 8.67. The fourth-order valence-electron chi connectivity index (χ4n) is 3.71. The van der Waals surface area contributed by atoms with E-state index in [9.17, 15) is 14.0 Å². The lowest BCUT2D eigenvalue weighted by Gasteiger charge is -2.16. The molecule has 0 saturated heterocycles. The van der Waals surface area contributed by atoms with Crippen LogP contribution in [0, 0.1) is 19.7 Å². The van der Waals surface area contributed by atoms with Gasteiger partial charge < -0.3 is 10.1 Å². The van der Waals surface area contributed by atoms with E-state index in [0.717, 1.165) is 21.7 Å². The number of halogens is 1. The molecule has 0 saturated carbocycles. The lowest BCUT2D eigenvalue weighted by atomic mass is 10.0. The van der Waals surface area contributed by atoms with E-state index in [1.54, 1.807) is 24.3 Å². The number of carbonyl (C=O) groups excluding carboxylic acids is 2. The number of anilines is 2. The first-order valence-electron chi connectivity index (χ1n) is 10.3. The van der Waals surface area contributed by atoms with Crippen LogP contribution in [-0.2, 0) is 9.59 Å². The highest BCUT2D eigenvalue weighted by atomic mass is 19.1. The van der Waals surface area contributed by atoms with Gasteiger partial charge in [-0.3, -0.25) is 9.59 Å². The molecule has 1 N–H and O–H groups in total. The van der Waals surface area contributed by atoms with Crippen LogP contribution in [-0.4, -0.2) is 18.4 Å². The quantitative estimate of drug-likeness (QED) is 0.544. The maximum absolute atomic E-state index is 13.4. The Bertz CT molecular complexity index is 1210. The van der Waals surface area contributed by atoms with Crippen LogP contribution >= 0.6 is 0 Å². The van der Waals surface area contributed by atoms with Crippen molar-refractivity contribution in [3.8, 4) is 5.75 Å². The second-order valence-electron chi connectivity index (χ2n) is 7.57. The van der Waals surface area contributed by atoms with Gasteiger partial charge in [-0.25, -0.2) is 9.29 Å². The molecule has 1 heterocycles. The Labute approximate surface area is 186 Å². The molecule has 0 aromatic heterocycles. The number of hydrogen-bond acceptors (Lipinski definition) is 4. The van der Waals surface area contributed by atoms with E-state index < -0.39 is 17.6 Å². The molecule has 3 aromatic carbocycles. The van der Waals surface area contributed by atoms with Gasteiger partial charge in [-0.05, 0) is 74.4 Å². The van der Waals surface area contributed by atoms with Crippen LogP contribution in [0.15, 0.2) is 72.4 Å². The number of imide groups is 1. The molecular weight excluding hydrogens is 407 g/mol. The lowest BCUT2D eigenvalue weighted by molar-refractivity contribution is -0.120. The first-order chi connectivity index (χ1) is 15.4. The summed E-state index contributed by atoms with van der Waals surface area (Å²) >= 11 is 0. The second-order valence-corrected chi connectivity index (χ2v) is 7.57. The third kappa shape index (κ3) is 3.99. The highest BCUT2D eigenvalue weighted by Crippen LogP contribution is 2.35. The zero-order valence-electron chi connectivity index (χ0n) is 18.1. The summed E-state index contributed by atoms with van der Waals surface area (Å²) in [6.45, 7) is 6.34. The molecular formula is C26H23FN2O3. The Morgan fingerprint density at radius 3 is 2.22 bits per heavy atom. The molecule has 1 aliphatic heterocycles. The number of ether oxygens (including phenoxy) is 1. The topological polar surface area (TPSA) is 58.6 Å². The molecule has 1 aliphatic rings. The summed E-state index contributed by atoms with van der Waals surface area (Å²) in [5.41, 5.74) is 4.10. The van der Waals surface area contributed by atoms with Gasteiger partial charge in [-0.2, -0.15) is 0 Å². The molecule has 3 aromatic rings. The predicted octanol–water partition coefficient (Wildman–Crippen LogP) is 5.24. The molecule has 6 heteroatoms. The molecule has 32 heavy (non-hydrogen) atoms. The molecule has 0 unspecified atom stereocenters. The maximum Gasteiger partial charge on any atom is 0.282 e. The number of carbonyl (C=O) groups is 2. The van der Waals surface area contributed by atoms with Gasteiger partial charge in [-0.15, -0.1) is 0 Å². The maximum atomic E-state index is 13.4. The van der Waals surface area contributed by atoms with Crippen molar-refractivity contribution in [1.82, 2.24) is 0 Å². The van der Waals surface area contributed by atoms with Gasteiger partial charge in [0, 0.05) is 5.69 Å². The average molecular weight is 430 g/mol. The number of rotatable bonds is 6. The minimum absolute atomic E-state index is 0.176. The Hall–Kier alpha value is -3.93. The molecule has 0 fully saturated rings. The smallest absolute Gasteiger partial charge is 0.282 e. The van der Waals surface area contributed by atoms with Gasteiger partial charge in [-0.1, -0.05) is 29.8 Å². The zero-order chi connectivity index (χ0) is 22.8. The third-order valence-electron chi connectivity index (χ3n) is 5.26. The van der Waals surface area contributed by atoms with Crippen LogP contribution in [0.4, 0.5) is 15.8 Å². The predicted molar refractivity (Wildman–Crippen MR) is 123 cm³/mol. The lowest BCUT2D eigenvalue weighted by Crippen LogP contribution is -2.32. The van der Waals surface area contributed by atoms with Crippen LogP contribution in [0.25, 0.3) is 5.57 Å². The fourth-order valence-corrected chi connectivity index (χ4v) is 3.71. The van der Waals surface area contributed by atoms with Crippen LogP contribution < -0.4 is 15.0 Å². The average Bonchev–Trinajstić information content (AvgIpc) is 3.01. The molecule has 2 amide bonds. The van der Waals surface area contributed by atoms with Crippen molar-refractivity contribution in [3.63, 3.8) is 0 Å². The minimum Gasteiger partial charge on any atom is -0.494 e. The van der Waals surface area contributed by atoms with E-state index in [-0.39, 0.29) is 11.3 Å². The Kier molecular flexibility index (Phi) is 5.77. The van der Waals surface area contributed by atoms with Crippen molar-refractivity contribution >= 4 is 28.8 Å². The van der Waals surface area contributed by atoms with Crippen molar-refractivity contribution in [2.24, 2.45) is 0 Å². The standard InChI is InChI=1S/C26H23FN2O3/c1-4-32-21-12-6-18(7-13-21)23-24(28-22-14-5-16(2)15-17(22)3)26(31)29(25(23)30)20-10-8-19(27)9-11-20/h5-15,28H,4H2,1-3H3. The molecule has 0 atom stereocenters. The molecule has 4 rings (SSSR count). The van der Waals surface area contributed by atoms with Gasteiger partial charge in [0.05, 0.1) is 17.9 Å². The van der Waals surface area contributed by atoms with Crippen molar-refractivity contribution in [2.75, 3.05) is 16.8 Å². The Balaban J connectivity index is 1.80. The molecule has 0 spiro atoms. The zero-order valence-corrected chi connectivity index (χ0v) is 18.1. The summed E-state index contributed by atoms with van der Waals surface area (Å²) in [6, 6.07) is 18.1. The van der Waals surface area contributed by atoms with Crippen molar-refractivity contribution in [2.45, 2.75) is 20.8 Å². The van der Waals surface area contributed by atoms with E-state index in [1.807, 2.05) is 39.0 Å². The molecule has 162 valence electrons. The Morgan fingerprint density at radius 2 is 1.59 bits per heavy atom. The summed E-state index contributed by atoms with van der Waals surface area (Å²) in [4.78, 5) is 27.9. The van der Waals surface area contributed by atoms with Crippen LogP contribution in [0.3, 0.4) is 0 Å². The van der Waals surface area contributed by atoms with E-state index in [4.69, 9.17) is 4.74 Å². The Morgan fingerprint density at radius 1 is 0.906 bits per heavy atom. The summed E-state index contributed by atoms with van der Waals surface area (Å²) in [6.07, 6.45) is 0. The van der Waals surface area contributed by atoms with Crippen molar-refractivity contribution < 1.29 is 18.7 Å². The first-order valence-corrected chi connectivity index (χ1v) is 10.3. The molecule has 0 aliphatic carbocycles. The van der Waals surface area contributed by atoms with Gasteiger partial charge in [0.1, 0.15) is 17.3 Å². The van der Waals surface area contributed by atoms with E-state index >= 15 is 0 Å².